The zero-order valence-corrected chi connectivity index (χ0v) is 21.5. The molecule has 0 bridgehead atoms. The zero-order valence-electron chi connectivity index (χ0n) is 20.0. The summed E-state index contributed by atoms with van der Waals surface area (Å²) in [5, 5.41) is 12.1. The van der Waals surface area contributed by atoms with Crippen LogP contribution in [-0.4, -0.2) is 38.1 Å². The average Bonchev–Trinajstić information content (AvgIpc) is 3.14. The summed E-state index contributed by atoms with van der Waals surface area (Å²) in [5.74, 6) is -0.840. The quantitative estimate of drug-likeness (QED) is 0.242. The van der Waals surface area contributed by atoms with Gasteiger partial charge in [-0.15, -0.1) is 0 Å². The lowest BCUT2D eigenvalue weighted by molar-refractivity contribution is -0.132. The highest BCUT2D eigenvalue weighted by Gasteiger charge is 2.47. The molecule has 0 spiro atoms. The fourth-order valence-corrected chi connectivity index (χ4v) is 4.59. The monoisotopic (exact) mass is 527 g/mol. The fraction of sp³-hybridized carbons (Fsp3) is 0.185. The molecule has 9 heteroatoms. The molecule has 186 valence electrons. The van der Waals surface area contributed by atoms with Crippen LogP contribution in [0, 0.1) is 6.92 Å². The molecule has 1 unspecified atom stereocenters. The van der Waals surface area contributed by atoms with Crippen molar-refractivity contribution >= 4 is 46.3 Å². The van der Waals surface area contributed by atoms with Gasteiger partial charge in [0.15, 0.2) is 11.5 Å². The Balaban J connectivity index is 2.01. The number of nitrogens with zero attached hydrogens (tertiary/aromatic N) is 1. The van der Waals surface area contributed by atoms with Crippen molar-refractivity contribution in [2.75, 3.05) is 26.2 Å². The van der Waals surface area contributed by atoms with Crippen molar-refractivity contribution < 1.29 is 28.9 Å². The predicted molar refractivity (Wildman–Crippen MR) is 139 cm³/mol. The number of methoxy groups -OCH3 is 3. The number of anilines is 1. The van der Waals surface area contributed by atoms with Crippen molar-refractivity contribution in [2.45, 2.75) is 13.0 Å². The van der Waals surface area contributed by atoms with Crippen molar-refractivity contribution in [2.24, 2.45) is 0 Å². The van der Waals surface area contributed by atoms with Gasteiger partial charge in [0.2, 0.25) is 0 Å². The number of aryl methyl sites for hydroxylation is 1. The van der Waals surface area contributed by atoms with Crippen LogP contribution in [0.4, 0.5) is 5.69 Å². The summed E-state index contributed by atoms with van der Waals surface area (Å²) >= 11 is 12.4. The standard InChI is InChI=1S/C27H23Cl2NO6/c1-14-5-8-17(28)13-19(14)30-24(15-7-10-20(34-2)22(11-15)36-4)23(26(32)27(30)33)25(31)16-6-9-18(29)21(12-16)35-3/h5-13,24,31H,1-4H3/b25-23+. The molecular weight excluding hydrogens is 505 g/mol. The summed E-state index contributed by atoms with van der Waals surface area (Å²) in [7, 11) is 4.43. The molecule has 3 aromatic rings. The Morgan fingerprint density at radius 3 is 2.22 bits per heavy atom. The largest absolute Gasteiger partial charge is 0.507 e. The summed E-state index contributed by atoms with van der Waals surface area (Å²) in [6.45, 7) is 1.81. The molecule has 36 heavy (non-hydrogen) atoms. The lowest BCUT2D eigenvalue weighted by atomic mass is 9.94. The number of benzene rings is 3. The number of carbonyl (C=O) groups excluding carboxylic acids is 2. The van der Waals surface area contributed by atoms with Gasteiger partial charge in [0, 0.05) is 16.3 Å². The summed E-state index contributed by atoms with van der Waals surface area (Å²) in [5.41, 5.74) is 1.85. The van der Waals surface area contributed by atoms with E-state index in [0.29, 0.717) is 38.5 Å². The number of hydrogen-bond acceptors (Lipinski definition) is 6. The number of ketones is 1. The molecule has 7 nitrogen and oxygen atoms in total. The molecule has 0 radical (unpaired) electrons. The maximum absolute atomic E-state index is 13.4. The van der Waals surface area contributed by atoms with Crippen molar-refractivity contribution in [1.82, 2.24) is 0 Å². The summed E-state index contributed by atoms with van der Waals surface area (Å²) < 4.78 is 16.1. The van der Waals surface area contributed by atoms with E-state index in [9.17, 15) is 14.7 Å². The Hall–Kier alpha value is -3.68. The van der Waals surface area contributed by atoms with E-state index in [4.69, 9.17) is 37.4 Å². The number of amides is 1. The Kier molecular flexibility index (Phi) is 7.15. The van der Waals surface area contributed by atoms with Gasteiger partial charge < -0.3 is 19.3 Å². The summed E-state index contributed by atoms with van der Waals surface area (Å²) in [4.78, 5) is 28.2. The van der Waals surface area contributed by atoms with Crippen molar-refractivity contribution in [3.05, 3.63) is 86.9 Å². The van der Waals surface area contributed by atoms with E-state index in [1.54, 1.807) is 49.4 Å². The number of hydrogen-bond donors (Lipinski definition) is 1. The molecule has 0 aliphatic carbocycles. The molecule has 1 atom stereocenters. The second kappa shape index (κ2) is 10.1. The Morgan fingerprint density at radius 2 is 1.56 bits per heavy atom. The van der Waals surface area contributed by atoms with Gasteiger partial charge in [0.25, 0.3) is 11.7 Å². The van der Waals surface area contributed by atoms with Crippen LogP contribution in [0.2, 0.25) is 10.0 Å². The van der Waals surface area contributed by atoms with Gasteiger partial charge in [-0.25, -0.2) is 0 Å². The molecule has 0 saturated carbocycles. The SMILES string of the molecule is COc1cc(/C(O)=C2\C(=O)C(=O)N(c3cc(Cl)ccc3C)C2c2ccc(OC)c(OC)c2)ccc1Cl. The van der Waals surface area contributed by atoms with Gasteiger partial charge >= 0.3 is 0 Å². The molecular formula is C27H23Cl2NO6. The number of Topliss-reactive ketones (excluding diaryl/α,β-unsaturated/α-hetero) is 1. The minimum Gasteiger partial charge on any atom is -0.507 e. The second-order valence-corrected chi connectivity index (χ2v) is 8.91. The molecule has 1 saturated heterocycles. The Morgan fingerprint density at radius 1 is 0.861 bits per heavy atom. The maximum Gasteiger partial charge on any atom is 0.300 e. The van der Waals surface area contributed by atoms with Gasteiger partial charge in [-0.1, -0.05) is 35.3 Å². The van der Waals surface area contributed by atoms with E-state index >= 15 is 0 Å². The number of aliphatic hydroxyl groups is 1. The molecule has 1 heterocycles. The van der Waals surface area contributed by atoms with Crippen LogP contribution in [0.15, 0.2) is 60.2 Å². The van der Waals surface area contributed by atoms with E-state index in [2.05, 4.69) is 0 Å². The van der Waals surface area contributed by atoms with Crippen LogP contribution < -0.4 is 19.1 Å². The molecule has 1 fully saturated rings. The highest BCUT2D eigenvalue weighted by Crippen LogP contribution is 2.45. The average molecular weight is 528 g/mol. The van der Waals surface area contributed by atoms with Crippen LogP contribution >= 0.6 is 23.2 Å². The molecule has 4 rings (SSSR count). The lowest BCUT2D eigenvalue weighted by Gasteiger charge is -2.27. The van der Waals surface area contributed by atoms with Crippen molar-refractivity contribution in [3.8, 4) is 17.2 Å². The number of halogens is 2. The van der Waals surface area contributed by atoms with E-state index in [1.165, 1.54) is 38.4 Å². The Labute approximate surface area is 218 Å². The van der Waals surface area contributed by atoms with Gasteiger partial charge in [-0.3, -0.25) is 14.5 Å². The number of rotatable bonds is 6. The highest BCUT2D eigenvalue weighted by molar-refractivity contribution is 6.52. The molecule has 1 N–H and O–H groups in total. The predicted octanol–water partition coefficient (Wildman–Crippen LogP) is 5.95. The van der Waals surface area contributed by atoms with E-state index in [1.807, 2.05) is 0 Å². The molecule has 1 aliphatic rings. The van der Waals surface area contributed by atoms with Gasteiger partial charge in [-0.2, -0.15) is 0 Å². The van der Waals surface area contributed by atoms with Gasteiger partial charge in [-0.05, 0) is 60.5 Å². The van der Waals surface area contributed by atoms with E-state index in [-0.39, 0.29) is 16.9 Å². The first-order valence-electron chi connectivity index (χ1n) is 10.8. The Bertz CT molecular complexity index is 1400. The minimum atomic E-state index is -0.983. The smallest absolute Gasteiger partial charge is 0.300 e. The first kappa shape index (κ1) is 25.4. The van der Waals surface area contributed by atoms with Crippen LogP contribution in [0.1, 0.15) is 22.7 Å². The third kappa shape index (κ3) is 4.36. The highest BCUT2D eigenvalue weighted by atomic mass is 35.5. The van der Waals surface area contributed by atoms with E-state index < -0.39 is 17.7 Å². The third-order valence-electron chi connectivity index (χ3n) is 6.02. The maximum atomic E-state index is 13.4. The third-order valence-corrected chi connectivity index (χ3v) is 6.57. The van der Waals surface area contributed by atoms with Crippen LogP contribution in [-0.2, 0) is 9.59 Å². The van der Waals surface area contributed by atoms with Crippen LogP contribution in [0.5, 0.6) is 17.2 Å². The van der Waals surface area contributed by atoms with Crippen LogP contribution in [0.3, 0.4) is 0 Å². The van der Waals surface area contributed by atoms with E-state index in [0.717, 1.165) is 5.56 Å². The minimum absolute atomic E-state index is 0.101. The zero-order chi connectivity index (χ0) is 26.1. The van der Waals surface area contributed by atoms with Crippen molar-refractivity contribution in [3.63, 3.8) is 0 Å². The molecule has 0 aromatic heterocycles. The van der Waals surface area contributed by atoms with Crippen LogP contribution in [0.25, 0.3) is 5.76 Å². The molecule has 1 amide bonds. The van der Waals surface area contributed by atoms with Crippen molar-refractivity contribution in [1.29, 1.82) is 0 Å². The topological polar surface area (TPSA) is 85.3 Å². The van der Waals surface area contributed by atoms with Gasteiger partial charge in [0.05, 0.1) is 38.0 Å². The first-order chi connectivity index (χ1) is 17.2. The summed E-state index contributed by atoms with van der Waals surface area (Å²) in [6, 6.07) is 13.7. The first-order valence-corrected chi connectivity index (χ1v) is 11.6. The summed E-state index contributed by atoms with van der Waals surface area (Å²) in [6.07, 6.45) is 0. The van der Waals surface area contributed by atoms with Gasteiger partial charge in [0.1, 0.15) is 11.5 Å². The molecule has 3 aromatic carbocycles. The number of aliphatic hydroxyl groups excluding tert-OH is 1. The second-order valence-electron chi connectivity index (χ2n) is 8.06. The lowest BCUT2D eigenvalue weighted by Crippen LogP contribution is -2.30. The normalized spacial score (nSPS) is 16.8. The fourth-order valence-electron chi connectivity index (χ4n) is 4.22. The number of carbonyl (C=O) groups is 2. The molecule has 1 aliphatic heterocycles. The number of ether oxygens (including phenoxy) is 3.